The van der Waals surface area contributed by atoms with Gasteiger partial charge in [-0.3, -0.25) is 15.0 Å². The van der Waals surface area contributed by atoms with Gasteiger partial charge in [0.05, 0.1) is 11.5 Å². The van der Waals surface area contributed by atoms with Crippen LogP contribution in [0.5, 0.6) is 5.75 Å². The molecule has 182 valence electrons. The average Bonchev–Trinajstić information content (AvgIpc) is 3.56. The Labute approximate surface area is 204 Å². The van der Waals surface area contributed by atoms with Crippen molar-refractivity contribution in [1.82, 2.24) is 14.9 Å². The third-order valence-electron chi connectivity index (χ3n) is 9.04. The second kappa shape index (κ2) is 7.26. The molecule has 1 N–H and O–H groups in total. The van der Waals surface area contributed by atoms with Gasteiger partial charge in [0.15, 0.2) is 11.9 Å². The van der Waals surface area contributed by atoms with Crippen LogP contribution in [0.4, 0.5) is 10.6 Å². The van der Waals surface area contributed by atoms with E-state index in [0.717, 1.165) is 54.4 Å². The molecule has 3 fully saturated rings. The first-order valence-corrected chi connectivity index (χ1v) is 12.8. The van der Waals surface area contributed by atoms with Gasteiger partial charge >= 0.3 is 6.09 Å². The van der Waals surface area contributed by atoms with Crippen LogP contribution in [0.3, 0.4) is 0 Å². The summed E-state index contributed by atoms with van der Waals surface area (Å²) in [7, 11) is 0. The fourth-order valence-electron chi connectivity index (χ4n) is 7.41. The van der Waals surface area contributed by atoms with Gasteiger partial charge < -0.3 is 9.47 Å². The Balaban J connectivity index is 1.35. The highest BCUT2D eigenvalue weighted by atomic mass is 16.6. The topological polar surface area (TPSA) is 93.6 Å². The summed E-state index contributed by atoms with van der Waals surface area (Å²) in [4.78, 5) is 37.6. The minimum atomic E-state index is -0.836. The molecule has 1 aromatic carbocycles. The predicted molar refractivity (Wildman–Crippen MR) is 128 cm³/mol. The van der Waals surface area contributed by atoms with Gasteiger partial charge in [0.1, 0.15) is 23.5 Å². The number of hydrogen-bond acceptors (Lipinski definition) is 7. The Kier molecular flexibility index (Phi) is 4.42. The molecule has 2 bridgehead atoms. The molecule has 1 amide bonds. The number of carbonyl (C=O) groups is 2. The lowest BCUT2D eigenvalue weighted by Crippen LogP contribution is -2.78. The van der Waals surface area contributed by atoms with Gasteiger partial charge in [-0.25, -0.2) is 14.8 Å². The predicted octanol–water partition coefficient (Wildman–Crippen LogP) is 3.48. The van der Waals surface area contributed by atoms with E-state index in [4.69, 9.17) is 9.47 Å². The summed E-state index contributed by atoms with van der Waals surface area (Å²) in [6.45, 7) is 5.80. The number of amides is 1. The Morgan fingerprint density at radius 3 is 2.91 bits per heavy atom. The minimum Gasteiger partial charge on any atom is -0.481 e. The van der Waals surface area contributed by atoms with Crippen LogP contribution in [0.25, 0.3) is 0 Å². The molecule has 3 aliphatic carbocycles. The van der Waals surface area contributed by atoms with E-state index in [2.05, 4.69) is 32.3 Å². The van der Waals surface area contributed by atoms with Gasteiger partial charge in [-0.05, 0) is 69.5 Å². The first kappa shape index (κ1) is 21.3. The third-order valence-corrected chi connectivity index (χ3v) is 9.04. The zero-order valence-electron chi connectivity index (χ0n) is 20.2. The summed E-state index contributed by atoms with van der Waals surface area (Å²) in [6, 6.07) is 6.03. The molecule has 3 heterocycles. The summed E-state index contributed by atoms with van der Waals surface area (Å²) in [6.07, 6.45) is 5.23. The van der Waals surface area contributed by atoms with Crippen LogP contribution in [0, 0.1) is 19.8 Å². The molecular formula is C27H30N4O4. The number of ether oxygens (including phenoxy) is 2. The van der Waals surface area contributed by atoms with E-state index in [1.54, 1.807) is 6.07 Å². The van der Waals surface area contributed by atoms with Crippen LogP contribution in [0.2, 0.25) is 0 Å². The Bertz CT molecular complexity index is 1260. The van der Waals surface area contributed by atoms with Crippen LogP contribution in [-0.2, 0) is 21.4 Å². The van der Waals surface area contributed by atoms with E-state index in [1.165, 1.54) is 24.7 Å². The number of carbonyl (C=O) groups excluding carboxylic acids is 2. The summed E-state index contributed by atoms with van der Waals surface area (Å²) in [5, 5.41) is 2.83. The minimum absolute atomic E-state index is 0.00934. The number of hydrogen-bond donors (Lipinski definition) is 1. The normalized spacial score (nSPS) is 32.6. The molecule has 0 radical (unpaired) electrons. The Morgan fingerprint density at radius 1 is 1.26 bits per heavy atom. The highest BCUT2D eigenvalue weighted by molar-refractivity contribution is 5.91. The molecule has 8 nitrogen and oxygen atoms in total. The summed E-state index contributed by atoms with van der Waals surface area (Å²) >= 11 is 0. The molecule has 2 saturated carbocycles. The number of rotatable bonds is 4. The number of aromatic nitrogens is 2. The molecule has 0 unspecified atom stereocenters. The SMILES string of the molecule is Cc1cc(NC(=O)O[C@@]23CCC(=O)[C@@H]4Oc5c(C)ccc6c5[C@@]42CCN(CC2CC2)[C@@H]3C6)ncn1. The van der Waals surface area contributed by atoms with Crippen molar-refractivity contribution in [1.29, 1.82) is 0 Å². The highest BCUT2D eigenvalue weighted by Crippen LogP contribution is 2.65. The van der Waals surface area contributed by atoms with Crippen LogP contribution < -0.4 is 10.1 Å². The van der Waals surface area contributed by atoms with Gasteiger partial charge in [-0.1, -0.05) is 12.1 Å². The van der Waals surface area contributed by atoms with E-state index in [-0.39, 0.29) is 11.8 Å². The molecule has 5 aliphatic rings. The smallest absolute Gasteiger partial charge is 0.413 e. The van der Waals surface area contributed by atoms with Crippen LogP contribution in [-0.4, -0.2) is 57.6 Å². The van der Waals surface area contributed by atoms with Gasteiger partial charge in [0, 0.05) is 30.3 Å². The van der Waals surface area contributed by atoms with E-state index in [9.17, 15) is 9.59 Å². The highest BCUT2D eigenvalue weighted by Gasteiger charge is 2.75. The van der Waals surface area contributed by atoms with Crippen molar-refractivity contribution < 1.29 is 19.1 Å². The van der Waals surface area contributed by atoms with Crippen LogP contribution >= 0.6 is 0 Å². The summed E-state index contributed by atoms with van der Waals surface area (Å²) < 4.78 is 13.1. The van der Waals surface area contributed by atoms with Crippen LogP contribution in [0.1, 0.15) is 54.5 Å². The lowest BCUT2D eigenvalue weighted by atomic mass is 9.48. The molecule has 8 heteroatoms. The molecular weight excluding hydrogens is 444 g/mol. The van der Waals surface area contributed by atoms with E-state index in [0.29, 0.717) is 18.7 Å². The largest absolute Gasteiger partial charge is 0.481 e. The first-order chi connectivity index (χ1) is 16.9. The number of Topliss-reactive ketones (excluding diaryl/α,β-unsaturated/α-hetero) is 1. The summed E-state index contributed by atoms with van der Waals surface area (Å²) in [5.41, 5.74) is 2.66. The van der Waals surface area contributed by atoms with Crippen molar-refractivity contribution in [2.24, 2.45) is 5.92 Å². The number of nitrogens with zero attached hydrogens (tertiary/aromatic N) is 3. The van der Waals surface area contributed by atoms with Crippen molar-refractivity contribution in [3.63, 3.8) is 0 Å². The van der Waals surface area contributed by atoms with Gasteiger partial charge in [0.2, 0.25) is 0 Å². The lowest BCUT2D eigenvalue weighted by molar-refractivity contribution is -0.187. The fourth-order valence-corrected chi connectivity index (χ4v) is 7.41. The van der Waals surface area contributed by atoms with Crippen LogP contribution in [0.15, 0.2) is 24.5 Å². The van der Waals surface area contributed by atoms with Gasteiger partial charge in [-0.2, -0.15) is 0 Å². The molecule has 1 aromatic heterocycles. The average molecular weight is 475 g/mol. The number of anilines is 1. The molecule has 2 aromatic rings. The second-order valence-corrected chi connectivity index (χ2v) is 11.0. The summed E-state index contributed by atoms with van der Waals surface area (Å²) in [5.74, 6) is 2.08. The molecule has 4 atom stereocenters. The molecule has 7 rings (SSSR count). The van der Waals surface area contributed by atoms with Gasteiger partial charge in [-0.15, -0.1) is 0 Å². The maximum Gasteiger partial charge on any atom is 0.413 e. The quantitative estimate of drug-likeness (QED) is 0.725. The maximum absolute atomic E-state index is 13.5. The number of benzene rings is 1. The first-order valence-electron chi connectivity index (χ1n) is 12.8. The molecule has 1 saturated heterocycles. The molecule has 1 spiro atoms. The Hall–Kier alpha value is -3.00. The maximum atomic E-state index is 13.5. The number of likely N-dealkylation sites (tertiary alicyclic amines) is 1. The zero-order valence-corrected chi connectivity index (χ0v) is 20.2. The van der Waals surface area contributed by atoms with Crippen molar-refractivity contribution in [3.8, 4) is 5.75 Å². The standard InChI is InChI=1S/C27H30N4O4/c1-15-3-6-18-12-20-27(35-25(33)30-21-11-16(2)28-14-29-21)8-7-19(32)24-26(27,22(18)23(15)34-24)9-10-31(20)13-17-4-5-17/h3,6,11,14,17,20,24H,4-5,7-10,12-13H2,1-2H3,(H,28,29,30,33)/t20-,24+,26+,27-/m1/s1. The number of nitrogens with one attached hydrogen (secondary N) is 1. The third kappa shape index (κ3) is 2.89. The van der Waals surface area contributed by atoms with Crippen molar-refractivity contribution >= 4 is 17.7 Å². The van der Waals surface area contributed by atoms with E-state index < -0.39 is 23.2 Å². The fraction of sp³-hybridized carbons (Fsp3) is 0.556. The second-order valence-electron chi connectivity index (χ2n) is 11.0. The number of aryl methyl sites for hydroxylation is 2. The van der Waals surface area contributed by atoms with E-state index >= 15 is 0 Å². The molecule has 2 aliphatic heterocycles. The number of piperidine rings is 1. The molecule has 35 heavy (non-hydrogen) atoms. The Morgan fingerprint density at radius 2 is 2.11 bits per heavy atom. The monoisotopic (exact) mass is 474 g/mol. The lowest BCUT2D eigenvalue weighted by Gasteiger charge is -2.63. The van der Waals surface area contributed by atoms with E-state index in [1.807, 2.05) is 13.8 Å². The van der Waals surface area contributed by atoms with Crippen molar-refractivity contribution in [2.45, 2.75) is 75.5 Å². The van der Waals surface area contributed by atoms with Crippen molar-refractivity contribution in [2.75, 3.05) is 18.4 Å². The zero-order chi connectivity index (χ0) is 23.9. The number of ketones is 1. The van der Waals surface area contributed by atoms with Gasteiger partial charge in [0.25, 0.3) is 0 Å². The van der Waals surface area contributed by atoms with Crippen molar-refractivity contribution in [3.05, 3.63) is 46.9 Å².